The van der Waals surface area contributed by atoms with Crippen LogP contribution in [0.1, 0.15) is 128 Å². The van der Waals surface area contributed by atoms with Crippen molar-refractivity contribution in [3.63, 3.8) is 0 Å². The number of aryl methyl sites for hydroxylation is 1. The zero-order valence-electron chi connectivity index (χ0n) is 31.5. The highest BCUT2D eigenvalue weighted by atomic mass is 16.3. The van der Waals surface area contributed by atoms with Gasteiger partial charge in [-0.3, -0.25) is 9.59 Å². The number of phenolic OH excluding ortho intramolecular Hbond substituents is 2. The van der Waals surface area contributed by atoms with Gasteiger partial charge in [0.1, 0.15) is 11.5 Å². The van der Waals surface area contributed by atoms with Crippen LogP contribution in [0, 0.1) is 6.92 Å². The summed E-state index contributed by atoms with van der Waals surface area (Å²) in [5, 5.41) is 28.4. The first-order chi connectivity index (χ1) is 25.6. The number of benzene rings is 5. The number of anilines is 2. The first kappa shape index (κ1) is 36.0. The lowest BCUT2D eigenvalue weighted by atomic mass is 9.71. The number of hydrogen-bond acceptors (Lipinski definition) is 4. The van der Waals surface area contributed by atoms with E-state index in [0.29, 0.717) is 28.1 Å². The fraction of sp³-hybridized carbons (Fsp3) is 0.319. The van der Waals surface area contributed by atoms with Gasteiger partial charge in [-0.1, -0.05) is 102 Å². The summed E-state index contributed by atoms with van der Waals surface area (Å²) in [6.07, 6.45) is 7.98. The second kappa shape index (κ2) is 14.2. The zero-order valence-corrected chi connectivity index (χ0v) is 31.5. The van der Waals surface area contributed by atoms with Gasteiger partial charge in [0.2, 0.25) is 0 Å². The summed E-state index contributed by atoms with van der Waals surface area (Å²) in [7, 11) is 0. The summed E-state index contributed by atoms with van der Waals surface area (Å²) < 4.78 is 0. The molecule has 0 fully saturated rings. The predicted molar refractivity (Wildman–Crippen MR) is 215 cm³/mol. The third-order valence-corrected chi connectivity index (χ3v) is 11.7. The Hall–Kier alpha value is -5.36. The van der Waals surface area contributed by atoms with E-state index in [-0.39, 0.29) is 34.1 Å². The third-order valence-electron chi connectivity index (χ3n) is 11.7. The van der Waals surface area contributed by atoms with E-state index in [0.717, 1.165) is 84.7 Å². The minimum Gasteiger partial charge on any atom is -0.506 e. The van der Waals surface area contributed by atoms with E-state index in [2.05, 4.69) is 74.7 Å². The smallest absolute Gasteiger partial charge is 0.256 e. The molecule has 0 aliphatic heterocycles. The zero-order chi connectivity index (χ0) is 37.5. The quantitative estimate of drug-likeness (QED) is 0.0971. The van der Waals surface area contributed by atoms with Crippen molar-refractivity contribution < 1.29 is 19.8 Å². The van der Waals surface area contributed by atoms with Gasteiger partial charge in [0.15, 0.2) is 0 Å². The van der Waals surface area contributed by atoms with Crippen molar-refractivity contribution in [1.82, 2.24) is 0 Å². The van der Waals surface area contributed by atoms with Crippen molar-refractivity contribution in [3.05, 3.63) is 130 Å². The molecule has 0 aromatic heterocycles. The molecule has 0 radical (unpaired) electrons. The van der Waals surface area contributed by atoms with Crippen LogP contribution < -0.4 is 10.6 Å². The average molecular weight is 707 g/mol. The molecule has 5 aromatic rings. The Balaban J connectivity index is 1.14. The maximum atomic E-state index is 13.7. The normalized spacial score (nSPS) is 14.2. The summed E-state index contributed by atoms with van der Waals surface area (Å²) >= 11 is 0. The highest BCUT2D eigenvalue weighted by Crippen LogP contribution is 2.57. The Morgan fingerprint density at radius 2 is 0.962 bits per heavy atom. The molecule has 5 aromatic carbocycles. The topological polar surface area (TPSA) is 98.7 Å². The van der Waals surface area contributed by atoms with E-state index in [9.17, 15) is 19.8 Å². The van der Waals surface area contributed by atoms with Gasteiger partial charge in [-0.25, -0.2) is 0 Å². The molecule has 6 nitrogen and oxygen atoms in total. The Morgan fingerprint density at radius 1 is 0.528 bits per heavy atom. The molecule has 2 aliphatic carbocycles. The first-order valence-electron chi connectivity index (χ1n) is 19.3. The second-order valence-corrected chi connectivity index (χ2v) is 15.0. The van der Waals surface area contributed by atoms with Crippen molar-refractivity contribution >= 4 is 23.2 Å². The van der Waals surface area contributed by atoms with Crippen LogP contribution in [-0.2, 0) is 10.8 Å². The number of amides is 2. The van der Waals surface area contributed by atoms with E-state index in [1.54, 1.807) is 25.1 Å². The fourth-order valence-electron chi connectivity index (χ4n) is 9.65. The number of nitrogens with one attached hydrogen (secondary N) is 2. The van der Waals surface area contributed by atoms with Crippen molar-refractivity contribution in [3.8, 4) is 33.8 Å². The summed E-state index contributed by atoms with van der Waals surface area (Å²) in [5.41, 5.74) is 10.9. The molecule has 53 heavy (non-hydrogen) atoms. The van der Waals surface area contributed by atoms with Crippen molar-refractivity contribution in [2.75, 3.05) is 10.6 Å². The molecule has 0 bridgehead atoms. The highest BCUT2D eigenvalue weighted by Gasteiger charge is 2.43. The Morgan fingerprint density at radius 3 is 1.40 bits per heavy atom. The molecule has 0 saturated heterocycles. The van der Waals surface area contributed by atoms with E-state index in [1.165, 1.54) is 11.1 Å². The number of rotatable bonds is 12. The van der Waals surface area contributed by atoms with Crippen LogP contribution >= 0.6 is 0 Å². The maximum Gasteiger partial charge on any atom is 0.256 e. The van der Waals surface area contributed by atoms with Crippen molar-refractivity contribution in [1.29, 1.82) is 0 Å². The van der Waals surface area contributed by atoms with Gasteiger partial charge < -0.3 is 20.8 Å². The van der Waals surface area contributed by atoms with Gasteiger partial charge in [0.25, 0.3) is 11.8 Å². The van der Waals surface area contributed by atoms with Crippen LogP contribution in [0.5, 0.6) is 11.5 Å². The van der Waals surface area contributed by atoms with Gasteiger partial charge in [0.05, 0.1) is 11.4 Å². The van der Waals surface area contributed by atoms with Crippen LogP contribution in [0.25, 0.3) is 22.3 Å². The van der Waals surface area contributed by atoms with E-state index < -0.39 is 0 Å². The SMILES string of the molecule is CCCC1(CCC)c2ccccc2-c2cc(NC(=O)c3ccc(C(=O)Nc4cc5c(cc4O)C(CCC)(CCC)c4ccccc4-5)c(C)c3)c(O)cc21. The summed E-state index contributed by atoms with van der Waals surface area (Å²) in [6, 6.07) is 29.3. The van der Waals surface area contributed by atoms with E-state index in [4.69, 9.17) is 0 Å². The average Bonchev–Trinajstić information content (AvgIpc) is 3.55. The van der Waals surface area contributed by atoms with Crippen LogP contribution in [0.15, 0.2) is 91.0 Å². The Kier molecular flexibility index (Phi) is 9.67. The molecule has 2 amide bonds. The minimum absolute atomic E-state index is 0.0348. The molecule has 0 unspecified atom stereocenters. The molecular formula is C47H50N2O4. The molecule has 0 atom stereocenters. The van der Waals surface area contributed by atoms with Gasteiger partial charge in [-0.15, -0.1) is 0 Å². The second-order valence-electron chi connectivity index (χ2n) is 15.0. The van der Waals surface area contributed by atoms with Gasteiger partial charge >= 0.3 is 0 Å². The summed E-state index contributed by atoms with van der Waals surface area (Å²) in [4.78, 5) is 27.3. The number of carbonyl (C=O) groups excluding carboxylic acids is 2. The van der Waals surface area contributed by atoms with Crippen molar-refractivity contribution in [2.45, 2.75) is 96.8 Å². The molecule has 2 aliphatic rings. The lowest BCUT2D eigenvalue weighted by Gasteiger charge is -2.32. The molecule has 0 heterocycles. The van der Waals surface area contributed by atoms with Gasteiger partial charge in [-0.2, -0.15) is 0 Å². The number of fused-ring (bicyclic) bond motifs is 6. The predicted octanol–water partition coefficient (Wildman–Crippen LogP) is 11.6. The minimum atomic E-state index is -0.382. The van der Waals surface area contributed by atoms with Gasteiger partial charge in [0, 0.05) is 22.0 Å². The molecule has 7 rings (SSSR count). The van der Waals surface area contributed by atoms with Crippen LogP contribution in [0.2, 0.25) is 0 Å². The highest BCUT2D eigenvalue weighted by molar-refractivity contribution is 6.09. The monoisotopic (exact) mass is 706 g/mol. The molecule has 0 spiro atoms. The Labute approximate surface area is 313 Å². The molecular weight excluding hydrogens is 657 g/mol. The number of phenols is 2. The number of carbonyl (C=O) groups is 2. The number of aromatic hydroxyl groups is 2. The van der Waals surface area contributed by atoms with Crippen molar-refractivity contribution in [2.24, 2.45) is 0 Å². The van der Waals surface area contributed by atoms with Crippen LogP contribution in [0.4, 0.5) is 11.4 Å². The van der Waals surface area contributed by atoms with Crippen LogP contribution in [-0.4, -0.2) is 22.0 Å². The maximum absolute atomic E-state index is 13.7. The Bertz CT molecular complexity index is 2220. The summed E-state index contributed by atoms with van der Waals surface area (Å²) in [6.45, 7) is 10.6. The summed E-state index contributed by atoms with van der Waals surface area (Å²) in [5.74, 6) is -0.685. The van der Waals surface area contributed by atoms with Gasteiger partial charge in [-0.05, 0) is 125 Å². The molecule has 0 saturated carbocycles. The molecule has 6 heteroatoms. The standard InChI is InChI=1S/C47H50N2O4/c1-6-20-46(21-7-2)36-16-12-10-14-32(36)34-25-40(42(50)27-38(34)46)48-44(52)30-18-19-31(29(5)24-30)45(53)49-41-26-35-33-15-11-13-17-37(33)47(22-8-3,23-9-4)39(35)28-43(41)51/h10-19,24-28,50-51H,6-9,20-23H2,1-5H3,(H,48,52)(H,49,53). The third kappa shape index (κ3) is 5.89. The number of hydrogen-bond donors (Lipinski definition) is 4. The largest absolute Gasteiger partial charge is 0.506 e. The fourth-order valence-corrected chi connectivity index (χ4v) is 9.65. The lowest BCUT2D eigenvalue weighted by Crippen LogP contribution is -2.25. The molecule has 4 N–H and O–H groups in total. The lowest BCUT2D eigenvalue weighted by molar-refractivity contribution is 0.101. The van der Waals surface area contributed by atoms with Crippen LogP contribution in [0.3, 0.4) is 0 Å². The molecule has 272 valence electrons. The van der Waals surface area contributed by atoms with E-state index in [1.807, 2.05) is 36.4 Å². The van der Waals surface area contributed by atoms with E-state index >= 15 is 0 Å². The first-order valence-corrected chi connectivity index (χ1v) is 19.3.